The van der Waals surface area contributed by atoms with Gasteiger partial charge in [0, 0.05) is 18.8 Å². The number of ether oxygens (including phenoxy) is 1. The monoisotopic (exact) mass is 334 g/mol. The summed E-state index contributed by atoms with van der Waals surface area (Å²) < 4.78 is 43.3. The summed E-state index contributed by atoms with van der Waals surface area (Å²) in [5.41, 5.74) is 0.673. The number of rotatable bonds is 3. The third kappa shape index (κ3) is 3.58. The minimum Gasteiger partial charge on any atom is -0.437 e. The van der Waals surface area contributed by atoms with Gasteiger partial charge in [-0.15, -0.1) is 0 Å². The van der Waals surface area contributed by atoms with Gasteiger partial charge in [0.25, 0.3) is 0 Å². The summed E-state index contributed by atoms with van der Waals surface area (Å²) >= 11 is 0. The van der Waals surface area contributed by atoms with Crippen molar-refractivity contribution in [3.63, 3.8) is 0 Å². The summed E-state index contributed by atoms with van der Waals surface area (Å²) in [4.78, 5) is 15.9. The molecule has 0 unspecified atom stereocenters. The Bertz CT molecular complexity index is 798. The number of aromatic nitrogens is 3. The molecule has 0 aromatic carbocycles. The van der Waals surface area contributed by atoms with Crippen molar-refractivity contribution in [2.75, 3.05) is 6.54 Å². The quantitative estimate of drug-likeness (QED) is 0.855. The number of pyridine rings is 1. The van der Waals surface area contributed by atoms with Crippen LogP contribution in [0, 0.1) is 6.92 Å². The highest BCUT2D eigenvalue weighted by atomic mass is 19.4. The number of hydrogen-bond acceptors (Lipinski definition) is 5. The standard InChI is InChI=1S/C16H13F3N4O/c1-10-21-9-13(11-4-6-20-7-5-11)15(23-10)24-12-2-3-14(22-8-12)16(17,18)19/h2-4,7-9H,5-6H2,1H3. The van der Waals surface area contributed by atoms with Crippen molar-refractivity contribution in [1.29, 1.82) is 0 Å². The fraction of sp³-hybridized carbons (Fsp3) is 0.250. The number of allylic oxidation sites excluding steroid dienone is 1. The van der Waals surface area contributed by atoms with Crippen LogP contribution in [-0.2, 0) is 6.18 Å². The molecule has 0 aliphatic carbocycles. The van der Waals surface area contributed by atoms with Gasteiger partial charge in [-0.3, -0.25) is 4.99 Å². The van der Waals surface area contributed by atoms with Crippen LogP contribution in [0.1, 0.15) is 23.5 Å². The van der Waals surface area contributed by atoms with Crippen molar-refractivity contribution >= 4 is 11.8 Å². The molecule has 0 radical (unpaired) electrons. The average Bonchev–Trinajstić information content (AvgIpc) is 2.55. The first-order valence-electron chi connectivity index (χ1n) is 7.16. The van der Waals surface area contributed by atoms with E-state index in [1.165, 1.54) is 6.07 Å². The van der Waals surface area contributed by atoms with Crippen molar-refractivity contribution in [2.24, 2.45) is 4.99 Å². The Hall–Kier alpha value is -2.77. The Kier molecular flexibility index (Phi) is 4.28. The van der Waals surface area contributed by atoms with E-state index in [9.17, 15) is 13.2 Å². The van der Waals surface area contributed by atoms with Gasteiger partial charge in [0.2, 0.25) is 5.88 Å². The molecule has 24 heavy (non-hydrogen) atoms. The highest BCUT2D eigenvalue weighted by Gasteiger charge is 2.32. The second-order valence-corrected chi connectivity index (χ2v) is 5.10. The molecule has 2 aromatic rings. The number of halogens is 3. The number of alkyl halides is 3. The summed E-state index contributed by atoms with van der Waals surface area (Å²) in [6.45, 7) is 2.27. The minimum atomic E-state index is -4.48. The third-order valence-electron chi connectivity index (χ3n) is 3.34. The summed E-state index contributed by atoms with van der Waals surface area (Å²) in [7, 11) is 0. The second kappa shape index (κ2) is 6.38. The van der Waals surface area contributed by atoms with Crippen LogP contribution in [0.25, 0.3) is 5.57 Å². The van der Waals surface area contributed by atoms with Crippen LogP contribution in [0.4, 0.5) is 13.2 Å². The van der Waals surface area contributed by atoms with Gasteiger partial charge in [-0.05, 0) is 24.6 Å². The van der Waals surface area contributed by atoms with Crippen molar-refractivity contribution in [3.05, 3.63) is 47.7 Å². The average molecular weight is 334 g/mol. The van der Waals surface area contributed by atoms with E-state index in [0.29, 0.717) is 24.4 Å². The van der Waals surface area contributed by atoms with Gasteiger partial charge in [-0.2, -0.15) is 18.2 Å². The number of hydrogen-bond donors (Lipinski definition) is 0. The van der Waals surface area contributed by atoms with E-state index >= 15 is 0 Å². The SMILES string of the molecule is Cc1ncc(C2=CCN=CC2)c(Oc2ccc(C(F)(F)F)nc2)n1. The number of dihydropyridines is 1. The molecule has 124 valence electrons. The first-order valence-corrected chi connectivity index (χ1v) is 7.16. The fourth-order valence-electron chi connectivity index (χ4n) is 2.17. The van der Waals surface area contributed by atoms with E-state index in [4.69, 9.17) is 4.74 Å². The van der Waals surface area contributed by atoms with Crippen LogP contribution in [0.2, 0.25) is 0 Å². The molecular weight excluding hydrogens is 321 g/mol. The van der Waals surface area contributed by atoms with Gasteiger partial charge >= 0.3 is 6.18 Å². The molecule has 3 heterocycles. The lowest BCUT2D eigenvalue weighted by atomic mass is 10.0. The molecular formula is C16H13F3N4O. The molecule has 0 N–H and O–H groups in total. The summed E-state index contributed by atoms with van der Waals surface area (Å²) in [6.07, 6.45) is 2.53. The molecule has 0 amide bonds. The Labute approximate surface area is 136 Å². The van der Waals surface area contributed by atoms with Crippen LogP contribution in [0.3, 0.4) is 0 Å². The van der Waals surface area contributed by atoms with Gasteiger partial charge < -0.3 is 4.74 Å². The second-order valence-electron chi connectivity index (χ2n) is 5.10. The molecule has 3 rings (SSSR count). The summed E-state index contributed by atoms with van der Waals surface area (Å²) in [5, 5.41) is 0. The minimum absolute atomic E-state index is 0.174. The molecule has 2 aromatic heterocycles. The molecule has 5 nitrogen and oxygen atoms in total. The third-order valence-corrected chi connectivity index (χ3v) is 3.34. The van der Waals surface area contributed by atoms with Gasteiger partial charge in [0.05, 0.1) is 18.3 Å². The van der Waals surface area contributed by atoms with Crippen LogP contribution in [0.5, 0.6) is 11.6 Å². The predicted molar refractivity (Wildman–Crippen MR) is 82.0 cm³/mol. The molecule has 0 saturated carbocycles. The largest absolute Gasteiger partial charge is 0.437 e. The summed E-state index contributed by atoms with van der Waals surface area (Å²) in [6, 6.07) is 2.09. The van der Waals surface area contributed by atoms with E-state index in [-0.39, 0.29) is 11.6 Å². The molecule has 0 saturated heterocycles. The molecule has 8 heteroatoms. The van der Waals surface area contributed by atoms with E-state index in [1.807, 2.05) is 6.08 Å². The lowest BCUT2D eigenvalue weighted by Gasteiger charge is -2.14. The smallest absolute Gasteiger partial charge is 0.433 e. The van der Waals surface area contributed by atoms with Crippen LogP contribution in [0.15, 0.2) is 35.6 Å². The highest BCUT2D eigenvalue weighted by molar-refractivity contribution is 5.82. The number of aryl methyl sites for hydroxylation is 1. The zero-order valence-electron chi connectivity index (χ0n) is 12.7. The van der Waals surface area contributed by atoms with E-state index < -0.39 is 11.9 Å². The topological polar surface area (TPSA) is 60.3 Å². The van der Waals surface area contributed by atoms with E-state index in [1.54, 1.807) is 19.3 Å². The van der Waals surface area contributed by atoms with Crippen LogP contribution >= 0.6 is 0 Å². The lowest BCUT2D eigenvalue weighted by Crippen LogP contribution is -2.07. The zero-order chi connectivity index (χ0) is 17.2. The highest BCUT2D eigenvalue weighted by Crippen LogP contribution is 2.32. The Morgan fingerprint density at radius 3 is 2.58 bits per heavy atom. The molecule has 1 aliphatic rings. The Morgan fingerprint density at radius 2 is 1.96 bits per heavy atom. The van der Waals surface area contributed by atoms with Crippen molar-refractivity contribution < 1.29 is 17.9 Å². The molecule has 0 atom stereocenters. The van der Waals surface area contributed by atoms with Crippen molar-refractivity contribution in [3.8, 4) is 11.6 Å². The van der Waals surface area contributed by atoms with Gasteiger partial charge in [-0.25, -0.2) is 9.97 Å². The van der Waals surface area contributed by atoms with Crippen molar-refractivity contribution in [1.82, 2.24) is 15.0 Å². The van der Waals surface area contributed by atoms with E-state index in [2.05, 4.69) is 19.9 Å². The molecule has 0 spiro atoms. The van der Waals surface area contributed by atoms with Gasteiger partial charge in [0.1, 0.15) is 17.3 Å². The zero-order valence-corrected chi connectivity index (χ0v) is 12.7. The van der Waals surface area contributed by atoms with Crippen LogP contribution < -0.4 is 4.74 Å². The molecule has 0 bridgehead atoms. The summed E-state index contributed by atoms with van der Waals surface area (Å²) in [5.74, 6) is 0.955. The maximum absolute atomic E-state index is 12.6. The Morgan fingerprint density at radius 1 is 1.12 bits per heavy atom. The Balaban J connectivity index is 1.89. The van der Waals surface area contributed by atoms with Crippen molar-refractivity contribution in [2.45, 2.75) is 19.5 Å². The number of nitrogens with zero attached hydrogens (tertiary/aromatic N) is 4. The van der Waals surface area contributed by atoms with Gasteiger partial charge in [-0.1, -0.05) is 6.08 Å². The number of aliphatic imine (C=N–C) groups is 1. The first kappa shape index (κ1) is 16.1. The van der Waals surface area contributed by atoms with Crippen LogP contribution in [-0.4, -0.2) is 27.7 Å². The normalized spacial score (nSPS) is 14.4. The van der Waals surface area contributed by atoms with Gasteiger partial charge in [0.15, 0.2) is 0 Å². The maximum atomic E-state index is 12.6. The lowest BCUT2D eigenvalue weighted by molar-refractivity contribution is -0.141. The molecule has 1 aliphatic heterocycles. The molecule has 0 fully saturated rings. The predicted octanol–water partition coefficient (Wildman–Crippen LogP) is 3.85. The van der Waals surface area contributed by atoms with E-state index in [0.717, 1.165) is 17.8 Å². The fourth-order valence-corrected chi connectivity index (χ4v) is 2.17. The maximum Gasteiger partial charge on any atom is 0.433 e. The first-order chi connectivity index (χ1) is 11.4.